The van der Waals surface area contributed by atoms with Crippen LogP contribution in [0.25, 0.3) is 0 Å². The number of nitrogens with two attached hydrogens (primary N) is 1. The zero-order valence-electron chi connectivity index (χ0n) is 12.3. The van der Waals surface area contributed by atoms with Gasteiger partial charge in [-0.15, -0.1) is 0 Å². The van der Waals surface area contributed by atoms with Crippen molar-refractivity contribution in [3.8, 4) is 0 Å². The third kappa shape index (κ3) is 2.73. The van der Waals surface area contributed by atoms with E-state index in [1.54, 1.807) is 12.1 Å². The van der Waals surface area contributed by atoms with Gasteiger partial charge in [0.2, 0.25) is 0 Å². The Kier molecular flexibility index (Phi) is 4.18. The number of benzene rings is 2. The van der Waals surface area contributed by atoms with Gasteiger partial charge in [0.05, 0.1) is 11.0 Å². The van der Waals surface area contributed by atoms with E-state index in [0.717, 1.165) is 19.5 Å². The summed E-state index contributed by atoms with van der Waals surface area (Å²) in [5, 5.41) is 11.3. The number of rotatable bonds is 4. The summed E-state index contributed by atoms with van der Waals surface area (Å²) >= 11 is 0. The van der Waals surface area contributed by atoms with Crippen molar-refractivity contribution >= 4 is 5.69 Å². The van der Waals surface area contributed by atoms with Crippen LogP contribution >= 0.6 is 0 Å². The molecule has 1 heterocycles. The molecule has 0 bridgehead atoms. The van der Waals surface area contributed by atoms with Gasteiger partial charge in [-0.05, 0) is 17.5 Å². The van der Waals surface area contributed by atoms with Crippen molar-refractivity contribution in [2.45, 2.75) is 19.0 Å². The average molecular weight is 297 g/mol. The fourth-order valence-electron chi connectivity index (χ4n) is 3.19. The summed E-state index contributed by atoms with van der Waals surface area (Å²) in [5.41, 5.74) is 9.45. The van der Waals surface area contributed by atoms with Gasteiger partial charge in [-0.2, -0.15) is 0 Å². The number of para-hydroxylation sites is 1. The molecule has 1 atom stereocenters. The summed E-state index contributed by atoms with van der Waals surface area (Å²) in [6, 6.07) is 15.1. The maximum absolute atomic E-state index is 11.3. The van der Waals surface area contributed by atoms with Crippen LogP contribution < -0.4 is 5.73 Å². The van der Waals surface area contributed by atoms with Crippen molar-refractivity contribution in [2.24, 2.45) is 5.73 Å². The summed E-state index contributed by atoms with van der Waals surface area (Å²) < 4.78 is 0. The van der Waals surface area contributed by atoms with Crippen molar-refractivity contribution in [1.82, 2.24) is 4.90 Å². The number of nitrogens with zero attached hydrogens (tertiary/aromatic N) is 2. The first-order valence-corrected chi connectivity index (χ1v) is 7.45. The molecule has 1 aliphatic rings. The largest absolute Gasteiger partial charge is 0.329 e. The van der Waals surface area contributed by atoms with Crippen LogP contribution in [0.1, 0.15) is 22.7 Å². The Hall–Kier alpha value is -2.24. The second-order valence-corrected chi connectivity index (χ2v) is 5.56. The van der Waals surface area contributed by atoms with E-state index in [4.69, 9.17) is 5.73 Å². The van der Waals surface area contributed by atoms with Crippen LogP contribution in [0, 0.1) is 10.1 Å². The maximum Gasteiger partial charge on any atom is 0.274 e. The first-order valence-electron chi connectivity index (χ1n) is 7.45. The predicted octanol–water partition coefficient (Wildman–Crippen LogP) is 2.65. The van der Waals surface area contributed by atoms with Crippen molar-refractivity contribution in [2.75, 3.05) is 13.1 Å². The SMILES string of the molecule is NCC(c1ccccc1[N+](=O)[O-])N1CCc2ccccc2C1. The first-order chi connectivity index (χ1) is 10.7. The molecule has 22 heavy (non-hydrogen) atoms. The van der Waals surface area contributed by atoms with Crippen molar-refractivity contribution in [1.29, 1.82) is 0 Å². The molecular weight excluding hydrogens is 278 g/mol. The molecule has 1 aliphatic heterocycles. The van der Waals surface area contributed by atoms with Crippen LogP contribution in [-0.4, -0.2) is 22.9 Å². The second kappa shape index (κ2) is 6.25. The Bertz CT molecular complexity index is 687. The van der Waals surface area contributed by atoms with Crippen LogP contribution in [0.2, 0.25) is 0 Å². The number of nitro benzene ring substituents is 1. The molecule has 2 aromatic rings. The lowest BCUT2D eigenvalue weighted by atomic mass is 9.96. The second-order valence-electron chi connectivity index (χ2n) is 5.56. The molecular formula is C17H19N3O2. The maximum atomic E-state index is 11.3. The third-order valence-corrected chi connectivity index (χ3v) is 4.32. The molecule has 5 heteroatoms. The molecule has 0 saturated heterocycles. The summed E-state index contributed by atoms with van der Waals surface area (Å²) in [4.78, 5) is 13.2. The van der Waals surface area contributed by atoms with E-state index in [1.807, 2.05) is 18.2 Å². The average Bonchev–Trinajstić information content (AvgIpc) is 2.56. The molecule has 5 nitrogen and oxygen atoms in total. The summed E-state index contributed by atoms with van der Waals surface area (Å²) in [7, 11) is 0. The van der Waals surface area contributed by atoms with Crippen LogP contribution in [0.15, 0.2) is 48.5 Å². The Morgan fingerprint density at radius 2 is 1.82 bits per heavy atom. The Morgan fingerprint density at radius 1 is 1.14 bits per heavy atom. The molecule has 2 N–H and O–H groups in total. The van der Waals surface area contributed by atoms with Gasteiger partial charge < -0.3 is 5.73 Å². The topological polar surface area (TPSA) is 72.4 Å². The minimum Gasteiger partial charge on any atom is -0.329 e. The number of hydrogen-bond donors (Lipinski definition) is 1. The van der Waals surface area contributed by atoms with E-state index in [9.17, 15) is 10.1 Å². The molecule has 114 valence electrons. The highest BCUT2D eigenvalue weighted by Crippen LogP contribution is 2.32. The molecule has 3 rings (SSSR count). The molecule has 0 aliphatic carbocycles. The lowest BCUT2D eigenvalue weighted by Gasteiger charge is -2.35. The number of fused-ring (bicyclic) bond motifs is 1. The standard InChI is InChI=1S/C17H19N3O2/c18-11-17(15-7-3-4-8-16(15)20(21)22)19-10-9-13-5-1-2-6-14(13)12-19/h1-8,17H,9-12,18H2. The van der Waals surface area contributed by atoms with Gasteiger partial charge in [0.15, 0.2) is 0 Å². The highest BCUT2D eigenvalue weighted by molar-refractivity contribution is 5.42. The fraction of sp³-hybridized carbons (Fsp3) is 0.294. The normalized spacial score (nSPS) is 16.0. The van der Waals surface area contributed by atoms with Crippen LogP contribution in [0.3, 0.4) is 0 Å². The lowest BCUT2D eigenvalue weighted by Crippen LogP contribution is -2.38. The van der Waals surface area contributed by atoms with Gasteiger partial charge in [0.1, 0.15) is 0 Å². The van der Waals surface area contributed by atoms with Gasteiger partial charge in [-0.25, -0.2) is 0 Å². The number of nitro groups is 1. The van der Waals surface area contributed by atoms with Crippen LogP contribution in [0.5, 0.6) is 0 Å². The smallest absolute Gasteiger partial charge is 0.274 e. The molecule has 0 radical (unpaired) electrons. The van der Waals surface area contributed by atoms with Gasteiger partial charge in [-0.1, -0.05) is 42.5 Å². The molecule has 0 amide bonds. The Labute approximate surface area is 129 Å². The van der Waals surface area contributed by atoms with Crippen LogP contribution in [-0.2, 0) is 13.0 Å². The minimum atomic E-state index is -0.324. The summed E-state index contributed by atoms with van der Waals surface area (Å²) in [6.45, 7) is 2.02. The quantitative estimate of drug-likeness (QED) is 0.695. The van der Waals surface area contributed by atoms with Crippen molar-refractivity contribution < 1.29 is 4.92 Å². The van der Waals surface area contributed by atoms with E-state index < -0.39 is 0 Å². The molecule has 0 fully saturated rings. The van der Waals surface area contributed by atoms with E-state index in [1.165, 1.54) is 11.1 Å². The third-order valence-electron chi connectivity index (χ3n) is 4.32. The van der Waals surface area contributed by atoms with Gasteiger partial charge in [-0.3, -0.25) is 15.0 Å². The molecule has 0 aromatic heterocycles. The van der Waals surface area contributed by atoms with E-state index in [0.29, 0.717) is 12.1 Å². The fourth-order valence-corrected chi connectivity index (χ4v) is 3.19. The van der Waals surface area contributed by atoms with E-state index in [-0.39, 0.29) is 16.7 Å². The van der Waals surface area contributed by atoms with Gasteiger partial charge in [0, 0.05) is 31.3 Å². The first kappa shape index (κ1) is 14.7. The molecule has 0 saturated carbocycles. The molecule has 1 unspecified atom stereocenters. The molecule has 0 spiro atoms. The molecule has 2 aromatic carbocycles. The van der Waals surface area contributed by atoms with Gasteiger partial charge >= 0.3 is 0 Å². The zero-order valence-corrected chi connectivity index (χ0v) is 12.3. The highest BCUT2D eigenvalue weighted by atomic mass is 16.6. The summed E-state index contributed by atoms with van der Waals surface area (Å²) in [6.07, 6.45) is 0.952. The number of hydrogen-bond acceptors (Lipinski definition) is 4. The predicted molar refractivity (Wildman–Crippen MR) is 85.4 cm³/mol. The van der Waals surface area contributed by atoms with E-state index >= 15 is 0 Å². The monoisotopic (exact) mass is 297 g/mol. The zero-order chi connectivity index (χ0) is 15.5. The lowest BCUT2D eigenvalue weighted by molar-refractivity contribution is -0.386. The Morgan fingerprint density at radius 3 is 2.55 bits per heavy atom. The van der Waals surface area contributed by atoms with E-state index in [2.05, 4.69) is 23.1 Å². The minimum absolute atomic E-state index is 0.130. The highest BCUT2D eigenvalue weighted by Gasteiger charge is 2.28. The van der Waals surface area contributed by atoms with Crippen molar-refractivity contribution in [3.63, 3.8) is 0 Å². The summed E-state index contributed by atoms with van der Waals surface area (Å²) in [5.74, 6) is 0. The van der Waals surface area contributed by atoms with Crippen molar-refractivity contribution in [3.05, 3.63) is 75.3 Å². The van der Waals surface area contributed by atoms with Gasteiger partial charge in [0.25, 0.3) is 5.69 Å². The Balaban J connectivity index is 1.92. The van der Waals surface area contributed by atoms with Crippen LogP contribution in [0.4, 0.5) is 5.69 Å².